The molecule has 1 aliphatic heterocycles. The van der Waals surface area contributed by atoms with Crippen LogP contribution in [-0.4, -0.2) is 65.5 Å². The van der Waals surface area contributed by atoms with Gasteiger partial charge in [-0.15, -0.1) is 0 Å². The van der Waals surface area contributed by atoms with Crippen LogP contribution in [-0.2, 0) is 14.3 Å². The van der Waals surface area contributed by atoms with E-state index in [9.17, 15) is 19.7 Å². The Labute approximate surface area is 213 Å². The number of amidine groups is 1. The van der Waals surface area contributed by atoms with E-state index in [2.05, 4.69) is 10.3 Å². The van der Waals surface area contributed by atoms with E-state index in [0.29, 0.717) is 23.2 Å². The van der Waals surface area contributed by atoms with Gasteiger partial charge in [0.25, 0.3) is 5.69 Å². The van der Waals surface area contributed by atoms with Crippen molar-refractivity contribution in [3.8, 4) is 11.5 Å². The van der Waals surface area contributed by atoms with Gasteiger partial charge in [0.1, 0.15) is 28.1 Å². The molecule has 0 unspecified atom stereocenters. The third-order valence-corrected chi connectivity index (χ3v) is 6.39. The number of thioether (sulfide) groups is 1. The summed E-state index contributed by atoms with van der Waals surface area (Å²) in [6.45, 7) is 4.43. The number of ether oxygens (including phenoxy) is 3. The highest BCUT2D eigenvalue weighted by molar-refractivity contribution is 8.15. The lowest BCUT2D eigenvalue weighted by atomic mass is 10.2. The van der Waals surface area contributed by atoms with Crippen LogP contribution in [0.25, 0.3) is 0 Å². The normalized spacial score (nSPS) is 17.2. The number of rotatable bonds is 11. The molecule has 1 fully saturated rings. The molecule has 0 radical (unpaired) electrons. The number of nitrogens with one attached hydrogen (secondary N) is 1. The zero-order valence-corrected chi connectivity index (χ0v) is 21.2. The molecule has 11 nitrogen and oxygen atoms in total. The predicted molar refractivity (Wildman–Crippen MR) is 137 cm³/mol. The Morgan fingerprint density at radius 3 is 2.69 bits per heavy atom. The Hall–Kier alpha value is -3.64. The number of carbonyl (C=O) groups is 2. The highest BCUT2D eigenvalue weighted by atomic mass is 32.2. The molecule has 192 valence electrons. The second-order valence-corrected chi connectivity index (χ2v) is 8.98. The van der Waals surface area contributed by atoms with Crippen molar-refractivity contribution in [3.05, 3.63) is 52.6 Å². The van der Waals surface area contributed by atoms with Crippen LogP contribution in [0, 0.1) is 10.1 Å². The summed E-state index contributed by atoms with van der Waals surface area (Å²) in [5.41, 5.74) is 0.270. The average Bonchev–Trinajstić information content (AvgIpc) is 3.14. The average molecular weight is 517 g/mol. The van der Waals surface area contributed by atoms with E-state index in [1.54, 1.807) is 12.1 Å². The summed E-state index contributed by atoms with van der Waals surface area (Å²) in [5.74, 6) is 0.0334. The molecule has 12 heteroatoms. The molecule has 0 bridgehead atoms. The fraction of sp³-hybridized carbons (Fsp3) is 0.375. The van der Waals surface area contributed by atoms with Gasteiger partial charge in [0.2, 0.25) is 11.8 Å². The highest BCUT2D eigenvalue weighted by Gasteiger charge is 2.41. The van der Waals surface area contributed by atoms with E-state index < -0.39 is 16.1 Å². The van der Waals surface area contributed by atoms with Gasteiger partial charge >= 0.3 is 0 Å². The third kappa shape index (κ3) is 6.32. The number of hydrogen-bond acceptors (Lipinski definition) is 9. The number of nitrogens with zero attached hydrogens (tertiary/aromatic N) is 3. The fourth-order valence-corrected chi connectivity index (χ4v) is 4.85. The van der Waals surface area contributed by atoms with E-state index in [4.69, 9.17) is 14.2 Å². The van der Waals surface area contributed by atoms with Gasteiger partial charge in [-0.2, -0.15) is 0 Å². The number of nitro benzene ring substituents is 1. The number of nitro groups is 1. The van der Waals surface area contributed by atoms with Crippen LogP contribution < -0.4 is 14.8 Å². The van der Waals surface area contributed by atoms with Crippen LogP contribution in [0.15, 0.2) is 47.5 Å². The van der Waals surface area contributed by atoms with Crippen LogP contribution in [0.4, 0.5) is 17.1 Å². The van der Waals surface area contributed by atoms with Crippen molar-refractivity contribution < 1.29 is 28.7 Å². The monoisotopic (exact) mass is 516 g/mol. The van der Waals surface area contributed by atoms with Gasteiger partial charge in [0, 0.05) is 13.5 Å². The molecule has 2 atom stereocenters. The number of carbonyl (C=O) groups excluding carboxylic acids is 2. The largest absolute Gasteiger partial charge is 0.496 e. The summed E-state index contributed by atoms with van der Waals surface area (Å²) in [4.78, 5) is 43.2. The van der Waals surface area contributed by atoms with Crippen molar-refractivity contribution >= 4 is 45.8 Å². The van der Waals surface area contributed by atoms with Gasteiger partial charge in [-0.3, -0.25) is 24.6 Å². The summed E-state index contributed by atoms with van der Waals surface area (Å²) in [6, 6.07) is 11.0. The third-order valence-electron chi connectivity index (χ3n) is 5.24. The molecular formula is C24H28N4O7S. The van der Waals surface area contributed by atoms with Gasteiger partial charge in [0.15, 0.2) is 5.17 Å². The summed E-state index contributed by atoms with van der Waals surface area (Å²) in [5, 5.41) is 13.6. The molecule has 1 N–H and O–H groups in total. The van der Waals surface area contributed by atoms with E-state index >= 15 is 0 Å². The zero-order valence-electron chi connectivity index (χ0n) is 20.4. The molecule has 36 heavy (non-hydrogen) atoms. The summed E-state index contributed by atoms with van der Waals surface area (Å²) < 4.78 is 15.9. The number of methoxy groups -OCH3 is 2. The standard InChI is InChI=1S/C24H28N4O7S/c1-5-35-20-9-7-6-8-18(20)26-24-27(15(2)14-33-3)23(30)21(36-24)13-22(29)25-17-11-10-16(34-4)12-19(17)28(31)32/h6-12,15,21H,5,13-14H2,1-4H3,(H,25,29)/t15-,21-/m1/s1. The molecule has 3 rings (SSSR count). The van der Waals surface area contributed by atoms with Gasteiger partial charge in [-0.25, -0.2) is 4.99 Å². The van der Waals surface area contributed by atoms with Gasteiger partial charge in [0.05, 0.1) is 37.4 Å². The maximum atomic E-state index is 13.3. The second kappa shape index (κ2) is 12.4. The molecule has 0 aromatic heterocycles. The molecule has 1 aliphatic rings. The van der Waals surface area contributed by atoms with E-state index in [-0.39, 0.29) is 42.1 Å². The Bertz CT molecular complexity index is 1160. The molecule has 0 spiro atoms. The predicted octanol–water partition coefficient (Wildman–Crippen LogP) is 4.00. The van der Waals surface area contributed by atoms with E-state index in [0.717, 1.165) is 11.8 Å². The Balaban J connectivity index is 1.84. The summed E-state index contributed by atoms with van der Waals surface area (Å²) >= 11 is 1.16. The quantitative estimate of drug-likeness (QED) is 0.350. The van der Waals surface area contributed by atoms with Crippen molar-refractivity contribution in [1.82, 2.24) is 4.90 Å². The Morgan fingerprint density at radius 1 is 1.28 bits per heavy atom. The first kappa shape index (κ1) is 27.0. The Morgan fingerprint density at radius 2 is 2.03 bits per heavy atom. The van der Waals surface area contributed by atoms with E-state index in [1.807, 2.05) is 26.0 Å². The van der Waals surface area contributed by atoms with Crippen molar-refractivity contribution in [1.29, 1.82) is 0 Å². The molecule has 0 saturated carbocycles. The van der Waals surface area contributed by atoms with Crippen molar-refractivity contribution in [2.75, 3.05) is 32.8 Å². The minimum Gasteiger partial charge on any atom is -0.496 e. The number of anilines is 1. The lowest BCUT2D eigenvalue weighted by Gasteiger charge is -2.23. The highest BCUT2D eigenvalue weighted by Crippen LogP contribution is 2.36. The van der Waals surface area contributed by atoms with Crippen LogP contribution in [0.1, 0.15) is 20.3 Å². The molecule has 2 aromatic rings. The van der Waals surface area contributed by atoms with Gasteiger partial charge < -0.3 is 19.5 Å². The second-order valence-electron chi connectivity index (χ2n) is 7.81. The molecule has 2 aromatic carbocycles. The number of para-hydroxylation sites is 2. The SMILES string of the molecule is CCOc1ccccc1N=C1S[C@H](CC(=O)Nc2ccc(OC)cc2[N+](=O)[O-])C(=O)N1[C@H](C)COC. The summed E-state index contributed by atoms with van der Waals surface area (Å²) in [7, 11) is 2.93. The number of hydrogen-bond donors (Lipinski definition) is 1. The molecule has 0 aliphatic carbocycles. The minimum absolute atomic E-state index is 0.0189. The molecular weight excluding hydrogens is 488 g/mol. The van der Waals surface area contributed by atoms with Crippen molar-refractivity contribution in [2.24, 2.45) is 4.99 Å². The van der Waals surface area contributed by atoms with E-state index in [1.165, 1.54) is 37.3 Å². The minimum atomic E-state index is -0.764. The fourth-order valence-electron chi connectivity index (χ4n) is 3.61. The van der Waals surface area contributed by atoms with Crippen LogP contribution >= 0.6 is 11.8 Å². The molecule has 2 amide bonds. The zero-order chi connectivity index (χ0) is 26.2. The number of aliphatic imine (C=N–C) groups is 1. The summed E-state index contributed by atoms with van der Waals surface area (Å²) in [6.07, 6.45) is -0.199. The number of benzene rings is 2. The number of amides is 2. The lowest BCUT2D eigenvalue weighted by Crippen LogP contribution is -2.42. The van der Waals surface area contributed by atoms with Gasteiger partial charge in [-0.05, 0) is 38.1 Å². The van der Waals surface area contributed by atoms with Crippen LogP contribution in [0.5, 0.6) is 11.5 Å². The lowest BCUT2D eigenvalue weighted by molar-refractivity contribution is -0.384. The topological polar surface area (TPSA) is 133 Å². The first-order valence-corrected chi connectivity index (χ1v) is 12.1. The van der Waals surface area contributed by atoms with Crippen LogP contribution in [0.2, 0.25) is 0 Å². The van der Waals surface area contributed by atoms with Crippen LogP contribution in [0.3, 0.4) is 0 Å². The maximum absolute atomic E-state index is 13.3. The molecule has 1 saturated heterocycles. The van der Waals surface area contributed by atoms with Gasteiger partial charge in [-0.1, -0.05) is 23.9 Å². The van der Waals surface area contributed by atoms with Crippen molar-refractivity contribution in [3.63, 3.8) is 0 Å². The Kier molecular flexibility index (Phi) is 9.25. The first-order valence-electron chi connectivity index (χ1n) is 11.2. The molecule has 1 heterocycles. The maximum Gasteiger partial charge on any atom is 0.296 e. The smallest absolute Gasteiger partial charge is 0.296 e. The van der Waals surface area contributed by atoms with Crippen molar-refractivity contribution in [2.45, 2.75) is 31.6 Å². The first-order chi connectivity index (χ1) is 17.3.